The lowest BCUT2D eigenvalue weighted by atomic mass is 9.84. The Morgan fingerprint density at radius 1 is 0.828 bits per heavy atom. The molecule has 5 rings (SSSR count). The molecule has 3 aliphatic rings. The number of benzene rings is 2. The number of ether oxygens (including phenoxy) is 1. The molecule has 0 spiro atoms. The Balaban J connectivity index is 1.27. The minimum absolute atomic E-state index is 0.0241. The highest BCUT2D eigenvalue weighted by Crippen LogP contribution is 2.44. The predicted octanol–water partition coefficient (Wildman–Crippen LogP) is 4.18. The highest BCUT2D eigenvalue weighted by atomic mass is 16.6. The van der Waals surface area contributed by atoms with E-state index in [2.05, 4.69) is 17.4 Å². The van der Waals surface area contributed by atoms with E-state index in [9.17, 15) is 38.7 Å². The molecule has 1 heterocycles. The van der Waals surface area contributed by atoms with E-state index in [4.69, 9.17) is 9.84 Å². The molecule has 2 aromatic rings. The van der Waals surface area contributed by atoms with E-state index in [0.29, 0.717) is 25.8 Å². The molecule has 1 aliphatic heterocycles. The van der Waals surface area contributed by atoms with Gasteiger partial charge in [0.05, 0.1) is 13.0 Å². The first-order valence-corrected chi connectivity index (χ1v) is 20.2. The summed E-state index contributed by atoms with van der Waals surface area (Å²) < 4.78 is 5.90. The van der Waals surface area contributed by atoms with Crippen molar-refractivity contribution in [2.75, 3.05) is 40.8 Å². The number of likely N-dealkylation sites (tertiary alicyclic amines) is 1. The number of fused-ring (bicyclic) bond motifs is 3. The van der Waals surface area contributed by atoms with Crippen LogP contribution in [0.15, 0.2) is 48.5 Å². The molecule has 0 unspecified atom stereocenters. The topological polar surface area (TPSA) is 194 Å². The molecule has 1 saturated heterocycles. The average molecular weight is 804 g/mol. The van der Waals surface area contributed by atoms with Gasteiger partial charge >= 0.3 is 18.0 Å². The number of rotatable bonds is 17. The average Bonchev–Trinajstić information content (AvgIpc) is 3.49. The third-order valence-electron chi connectivity index (χ3n) is 11.8. The lowest BCUT2D eigenvalue weighted by molar-refractivity contribution is -0.159. The maximum absolute atomic E-state index is 14.3. The van der Waals surface area contributed by atoms with E-state index in [-0.39, 0.29) is 30.3 Å². The van der Waals surface area contributed by atoms with Crippen molar-refractivity contribution in [2.24, 2.45) is 11.8 Å². The second-order valence-corrected chi connectivity index (χ2v) is 16.4. The van der Waals surface area contributed by atoms with E-state index in [1.54, 1.807) is 0 Å². The van der Waals surface area contributed by atoms with Crippen molar-refractivity contribution in [3.8, 4) is 11.1 Å². The van der Waals surface area contributed by atoms with Crippen LogP contribution < -0.4 is 5.32 Å². The normalized spacial score (nSPS) is 17.8. The van der Waals surface area contributed by atoms with Crippen LogP contribution in [0.4, 0.5) is 4.79 Å². The lowest BCUT2D eigenvalue weighted by Gasteiger charge is -2.45. The minimum Gasteiger partial charge on any atom is -0.481 e. The molecule has 5 amide bonds. The quantitative estimate of drug-likeness (QED) is 0.209. The highest BCUT2D eigenvalue weighted by molar-refractivity contribution is 5.96. The number of hydrogen-bond donors (Lipinski definition) is 3. The fourth-order valence-electron chi connectivity index (χ4n) is 8.51. The largest absolute Gasteiger partial charge is 0.481 e. The van der Waals surface area contributed by atoms with E-state index in [1.807, 2.05) is 50.2 Å². The zero-order valence-corrected chi connectivity index (χ0v) is 34.1. The van der Waals surface area contributed by atoms with E-state index in [1.165, 1.54) is 35.8 Å². The summed E-state index contributed by atoms with van der Waals surface area (Å²) in [4.78, 5) is 96.9. The molecule has 58 heavy (non-hydrogen) atoms. The van der Waals surface area contributed by atoms with Crippen LogP contribution in [0.25, 0.3) is 11.1 Å². The first-order chi connectivity index (χ1) is 27.6. The van der Waals surface area contributed by atoms with Gasteiger partial charge < -0.3 is 35.0 Å². The Hall–Kier alpha value is -5.47. The Labute approximate surface area is 339 Å². The molecule has 314 valence electrons. The van der Waals surface area contributed by atoms with Gasteiger partial charge in [0, 0.05) is 33.6 Å². The van der Waals surface area contributed by atoms with Crippen molar-refractivity contribution in [3.05, 3.63) is 59.7 Å². The summed E-state index contributed by atoms with van der Waals surface area (Å²) in [5, 5.41) is 20.6. The van der Waals surface area contributed by atoms with Crippen LogP contribution >= 0.6 is 0 Å². The van der Waals surface area contributed by atoms with Crippen LogP contribution in [-0.2, 0) is 33.5 Å². The van der Waals surface area contributed by atoms with Crippen LogP contribution in [0.5, 0.6) is 0 Å². The van der Waals surface area contributed by atoms with Gasteiger partial charge in [-0.1, -0.05) is 94.5 Å². The van der Waals surface area contributed by atoms with Gasteiger partial charge in [-0.15, -0.1) is 0 Å². The summed E-state index contributed by atoms with van der Waals surface area (Å²) >= 11 is 0. The third kappa shape index (κ3) is 10.1. The first-order valence-electron chi connectivity index (χ1n) is 20.2. The lowest BCUT2D eigenvalue weighted by Crippen LogP contribution is -2.64. The van der Waals surface area contributed by atoms with Crippen LogP contribution in [0, 0.1) is 11.8 Å². The molecule has 2 fully saturated rings. The minimum atomic E-state index is -1.68. The van der Waals surface area contributed by atoms with E-state index >= 15 is 0 Å². The smallest absolute Gasteiger partial charge is 0.410 e. The molecule has 15 nitrogen and oxygen atoms in total. The van der Waals surface area contributed by atoms with Gasteiger partial charge in [0.2, 0.25) is 23.6 Å². The third-order valence-corrected chi connectivity index (χ3v) is 11.8. The Bertz CT molecular complexity index is 1820. The summed E-state index contributed by atoms with van der Waals surface area (Å²) in [6.07, 6.45) is 4.34. The van der Waals surface area contributed by atoms with Gasteiger partial charge in [-0.2, -0.15) is 0 Å². The number of carboxylic acids is 2. The molecular formula is C43H57N5O10. The van der Waals surface area contributed by atoms with Gasteiger partial charge in [0.25, 0.3) is 0 Å². The van der Waals surface area contributed by atoms with Crippen molar-refractivity contribution in [1.29, 1.82) is 0 Å². The number of nitrogens with zero attached hydrogens (tertiary/aromatic N) is 4. The molecule has 0 radical (unpaired) electrons. The van der Waals surface area contributed by atoms with Crippen LogP contribution in [-0.4, -0.2) is 136 Å². The summed E-state index contributed by atoms with van der Waals surface area (Å²) in [5.41, 5.74) is 4.33. The Morgan fingerprint density at radius 2 is 1.43 bits per heavy atom. The molecule has 2 aliphatic carbocycles. The van der Waals surface area contributed by atoms with Gasteiger partial charge in [0.15, 0.2) is 0 Å². The molecule has 15 heteroatoms. The van der Waals surface area contributed by atoms with Crippen LogP contribution in [0.1, 0.15) is 88.7 Å². The number of carboxylic acid groups (broad SMARTS) is 2. The fourth-order valence-corrected chi connectivity index (χ4v) is 8.51. The summed E-state index contributed by atoms with van der Waals surface area (Å²) in [5.74, 6) is -5.14. The SMILES string of the molecule is CC(C)C[C@@H](C(=O)N1CC[C@H]1C(=O)N(C)[C@@H](CC1CCCCC1)C(=O)N(C)CC(=O)N[C@@H](CC(=O)O)C(=O)O)N(C)C(=O)OCC1c2ccccc2-c2ccccc21. The molecule has 0 aromatic heterocycles. The molecule has 4 atom stereocenters. The number of likely N-dealkylation sites (N-methyl/N-ethyl adjacent to an activating group) is 3. The molecule has 0 bridgehead atoms. The zero-order chi connectivity index (χ0) is 42.3. The monoisotopic (exact) mass is 803 g/mol. The zero-order valence-electron chi connectivity index (χ0n) is 34.1. The van der Waals surface area contributed by atoms with Crippen molar-refractivity contribution < 1.29 is 48.5 Å². The standard InChI is InChI=1S/C43H57N5O10/c1-26(2)21-35(47(5)43(57)58-25-32-30-17-11-9-15-28(30)29-16-10-12-18-31(29)32)41(54)48-20-19-34(48)40(53)46(4)36(22-27-13-7-6-8-14-27)39(52)45(3)24-37(49)44-33(42(55)56)23-38(50)51/h9-12,15-18,26-27,32-36H,6-8,13-14,19-25H2,1-5H3,(H,44,49)(H,50,51)(H,55,56)/t33-,34-,35-,36-/m0/s1. The highest BCUT2D eigenvalue weighted by Gasteiger charge is 2.46. The van der Waals surface area contributed by atoms with Gasteiger partial charge in [-0.25, -0.2) is 9.59 Å². The number of nitrogens with one attached hydrogen (secondary N) is 1. The molecule has 3 N–H and O–H groups in total. The van der Waals surface area contributed by atoms with Crippen LogP contribution in [0.2, 0.25) is 0 Å². The summed E-state index contributed by atoms with van der Waals surface area (Å²) in [7, 11) is 4.43. The number of amides is 5. The Kier molecular flexibility index (Phi) is 14.5. The van der Waals surface area contributed by atoms with Crippen molar-refractivity contribution in [1.82, 2.24) is 24.9 Å². The van der Waals surface area contributed by atoms with Crippen molar-refractivity contribution in [2.45, 2.75) is 102 Å². The van der Waals surface area contributed by atoms with Gasteiger partial charge in [-0.05, 0) is 53.4 Å². The van der Waals surface area contributed by atoms with E-state index < -0.39 is 72.9 Å². The van der Waals surface area contributed by atoms with Crippen LogP contribution in [0.3, 0.4) is 0 Å². The number of aliphatic carboxylic acids is 2. The van der Waals surface area contributed by atoms with Crippen molar-refractivity contribution >= 4 is 41.7 Å². The second-order valence-electron chi connectivity index (χ2n) is 16.4. The Morgan fingerprint density at radius 3 is 1.97 bits per heavy atom. The van der Waals surface area contributed by atoms with Crippen molar-refractivity contribution in [3.63, 3.8) is 0 Å². The first kappa shape index (κ1) is 43.6. The molecule has 1 saturated carbocycles. The molecule has 2 aromatic carbocycles. The summed E-state index contributed by atoms with van der Waals surface area (Å²) in [6, 6.07) is 11.6. The number of hydrogen-bond acceptors (Lipinski definition) is 8. The number of carbonyl (C=O) groups excluding carboxylic acids is 5. The fraction of sp³-hybridized carbons (Fsp3) is 0.558. The maximum Gasteiger partial charge on any atom is 0.410 e. The summed E-state index contributed by atoms with van der Waals surface area (Å²) in [6.45, 7) is 3.72. The second kappa shape index (κ2) is 19.3. The maximum atomic E-state index is 14.3. The van der Waals surface area contributed by atoms with Gasteiger partial charge in [0.1, 0.15) is 30.8 Å². The van der Waals surface area contributed by atoms with E-state index in [0.717, 1.165) is 59.3 Å². The number of carbonyl (C=O) groups is 7. The van der Waals surface area contributed by atoms with Gasteiger partial charge in [-0.3, -0.25) is 28.9 Å². The molecular weight excluding hydrogens is 746 g/mol. The predicted molar refractivity (Wildman–Crippen MR) is 213 cm³/mol.